The first-order valence-corrected chi connectivity index (χ1v) is 12.6. The van der Waals surface area contributed by atoms with Crippen molar-refractivity contribution in [1.29, 1.82) is 0 Å². The standard InChI is InChI=1S/C27H26Cl3NO4/c1-3-34-10-11-35-27(33)24-15(2)31-22-12-17(16-4-6-18(28)7-5-16)13-23(32)26(22)25(24)20-9-8-19(29)14-21(20)30/h4-9,14,17,25,31H,3,10-13H2,1-2H3/t17-,25-/m0/s1. The number of halogens is 3. The zero-order valence-electron chi connectivity index (χ0n) is 19.5. The van der Waals surface area contributed by atoms with Crippen LogP contribution in [0.3, 0.4) is 0 Å². The predicted molar refractivity (Wildman–Crippen MR) is 138 cm³/mol. The molecule has 2 aromatic rings. The third-order valence-electron chi connectivity index (χ3n) is 6.33. The molecular weight excluding hydrogens is 509 g/mol. The zero-order valence-corrected chi connectivity index (χ0v) is 21.8. The van der Waals surface area contributed by atoms with E-state index < -0.39 is 11.9 Å². The van der Waals surface area contributed by atoms with Crippen LogP contribution >= 0.6 is 34.8 Å². The van der Waals surface area contributed by atoms with Gasteiger partial charge in [0.15, 0.2) is 5.78 Å². The summed E-state index contributed by atoms with van der Waals surface area (Å²) in [4.78, 5) is 26.9. The van der Waals surface area contributed by atoms with Crippen LogP contribution in [0.25, 0.3) is 0 Å². The van der Waals surface area contributed by atoms with E-state index in [9.17, 15) is 9.59 Å². The highest BCUT2D eigenvalue weighted by Crippen LogP contribution is 2.47. The highest BCUT2D eigenvalue weighted by molar-refractivity contribution is 6.35. The number of nitrogens with one attached hydrogen (secondary N) is 1. The van der Waals surface area contributed by atoms with Crippen LogP contribution in [0.4, 0.5) is 0 Å². The van der Waals surface area contributed by atoms with Gasteiger partial charge in [0.25, 0.3) is 0 Å². The molecule has 0 fully saturated rings. The monoisotopic (exact) mass is 533 g/mol. The molecule has 4 rings (SSSR count). The van der Waals surface area contributed by atoms with Gasteiger partial charge in [-0.3, -0.25) is 4.79 Å². The number of Topliss-reactive ketones (excluding diaryl/α,β-unsaturated/α-hetero) is 1. The van der Waals surface area contributed by atoms with Crippen LogP contribution in [0.1, 0.15) is 49.7 Å². The van der Waals surface area contributed by atoms with Gasteiger partial charge < -0.3 is 14.8 Å². The molecule has 2 atom stereocenters. The van der Waals surface area contributed by atoms with Crippen molar-refractivity contribution in [2.24, 2.45) is 0 Å². The van der Waals surface area contributed by atoms with E-state index in [0.29, 0.717) is 63.5 Å². The maximum Gasteiger partial charge on any atom is 0.336 e. The van der Waals surface area contributed by atoms with Crippen LogP contribution in [-0.2, 0) is 19.1 Å². The summed E-state index contributed by atoms with van der Waals surface area (Å²) in [5.41, 5.74) is 4.01. The average Bonchev–Trinajstić information content (AvgIpc) is 2.81. The van der Waals surface area contributed by atoms with Gasteiger partial charge in [0.2, 0.25) is 0 Å². The van der Waals surface area contributed by atoms with Gasteiger partial charge in [0.05, 0.1) is 12.2 Å². The van der Waals surface area contributed by atoms with E-state index in [0.717, 1.165) is 11.3 Å². The van der Waals surface area contributed by atoms with Gasteiger partial charge in [-0.05, 0) is 61.6 Å². The molecule has 0 saturated carbocycles. The summed E-state index contributed by atoms with van der Waals surface area (Å²) in [7, 11) is 0. The summed E-state index contributed by atoms with van der Waals surface area (Å²) in [6.45, 7) is 4.63. The van der Waals surface area contributed by atoms with E-state index in [1.807, 2.05) is 38.1 Å². The van der Waals surface area contributed by atoms with Gasteiger partial charge in [-0.25, -0.2) is 4.79 Å². The van der Waals surface area contributed by atoms with Gasteiger partial charge in [-0.15, -0.1) is 0 Å². The Balaban J connectivity index is 1.74. The lowest BCUT2D eigenvalue weighted by Crippen LogP contribution is -2.36. The number of ether oxygens (including phenoxy) is 2. The number of benzene rings is 2. The molecule has 35 heavy (non-hydrogen) atoms. The summed E-state index contributed by atoms with van der Waals surface area (Å²) in [6.07, 6.45) is 0.935. The van der Waals surface area contributed by atoms with E-state index in [1.165, 1.54) is 0 Å². The van der Waals surface area contributed by atoms with Crippen molar-refractivity contribution in [1.82, 2.24) is 5.32 Å². The fourth-order valence-corrected chi connectivity index (χ4v) is 5.39. The SMILES string of the molecule is CCOCCOC(=O)C1=C(C)NC2=C(C(=O)C[C@@H](c3ccc(Cl)cc3)C2)[C@H]1c1ccc(Cl)cc1Cl. The number of ketones is 1. The van der Waals surface area contributed by atoms with Crippen molar-refractivity contribution < 1.29 is 19.1 Å². The molecule has 0 saturated heterocycles. The average molecular weight is 535 g/mol. The van der Waals surface area contributed by atoms with Crippen molar-refractivity contribution in [2.75, 3.05) is 19.8 Å². The minimum atomic E-state index is -0.658. The Hall–Kier alpha value is -2.31. The molecule has 2 aliphatic rings. The molecule has 0 bridgehead atoms. The molecule has 1 N–H and O–H groups in total. The summed E-state index contributed by atoms with van der Waals surface area (Å²) < 4.78 is 10.8. The van der Waals surface area contributed by atoms with E-state index >= 15 is 0 Å². The molecule has 1 heterocycles. The van der Waals surface area contributed by atoms with Crippen molar-refractivity contribution in [3.63, 3.8) is 0 Å². The number of carbonyl (C=O) groups excluding carboxylic acids is 2. The molecule has 184 valence electrons. The second kappa shape index (κ2) is 11.2. The summed E-state index contributed by atoms with van der Waals surface area (Å²) in [6, 6.07) is 12.7. The Labute approximate surface area is 220 Å². The van der Waals surface area contributed by atoms with Gasteiger partial charge in [-0.1, -0.05) is 53.0 Å². The van der Waals surface area contributed by atoms with Gasteiger partial charge in [0.1, 0.15) is 6.61 Å². The molecule has 0 aromatic heterocycles. The second-order valence-corrected chi connectivity index (χ2v) is 9.85. The predicted octanol–water partition coefficient (Wildman–Crippen LogP) is 6.59. The number of hydrogen-bond acceptors (Lipinski definition) is 5. The van der Waals surface area contributed by atoms with Gasteiger partial charge >= 0.3 is 5.97 Å². The number of allylic oxidation sites excluding steroid dienone is 3. The summed E-state index contributed by atoms with van der Waals surface area (Å²) >= 11 is 18.8. The molecule has 1 aliphatic carbocycles. The Morgan fingerprint density at radius 3 is 2.43 bits per heavy atom. The molecule has 2 aromatic carbocycles. The smallest absolute Gasteiger partial charge is 0.336 e. The summed E-state index contributed by atoms with van der Waals surface area (Å²) in [5, 5.41) is 4.84. The Morgan fingerprint density at radius 1 is 1.03 bits per heavy atom. The molecule has 0 unspecified atom stereocenters. The number of hydrogen-bond donors (Lipinski definition) is 1. The number of esters is 1. The molecule has 8 heteroatoms. The lowest BCUT2D eigenvalue weighted by atomic mass is 9.71. The highest BCUT2D eigenvalue weighted by atomic mass is 35.5. The van der Waals surface area contributed by atoms with Crippen LogP contribution in [0.5, 0.6) is 0 Å². The first-order valence-electron chi connectivity index (χ1n) is 11.5. The largest absolute Gasteiger partial charge is 0.460 e. The van der Waals surface area contributed by atoms with Crippen molar-refractivity contribution in [3.05, 3.63) is 91.2 Å². The molecule has 5 nitrogen and oxygen atoms in total. The molecule has 1 aliphatic heterocycles. The topological polar surface area (TPSA) is 64.6 Å². The van der Waals surface area contributed by atoms with Gasteiger partial charge in [0, 0.05) is 51.0 Å². The first kappa shape index (κ1) is 25.8. The van der Waals surface area contributed by atoms with Crippen LogP contribution in [0.2, 0.25) is 15.1 Å². The van der Waals surface area contributed by atoms with Crippen molar-refractivity contribution in [2.45, 2.75) is 38.5 Å². The Bertz CT molecular complexity index is 1200. The molecule has 0 spiro atoms. The van der Waals surface area contributed by atoms with Crippen LogP contribution in [-0.4, -0.2) is 31.6 Å². The van der Waals surface area contributed by atoms with Crippen LogP contribution in [0, 0.1) is 0 Å². The number of rotatable bonds is 7. The van der Waals surface area contributed by atoms with Crippen molar-refractivity contribution >= 4 is 46.6 Å². The normalized spacial score (nSPS) is 20.0. The van der Waals surface area contributed by atoms with Crippen LogP contribution in [0.15, 0.2) is 65.0 Å². The summed E-state index contributed by atoms with van der Waals surface area (Å²) in [5.74, 6) is -1.21. The van der Waals surface area contributed by atoms with E-state index in [4.69, 9.17) is 44.3 Å². The fraction of sp³-hybridized carbons (Fsp3) is 0.333. The third kappa shape index (κ3) is 5.59. The zero-order chi connectivity index (χ0) is 25.1. The van der Waals surface area contributed by atoms with E-state index in [1.54, 1.807) is 18.2 Å². The molecule has 0 amide bonds. The fourth-order valence-electron chi connectivity index (χ4n) is 4.74. The Morgan fingerprint density at radius 2 is 1.74 bits per heavy atom. The minimum absolute atomic E-state index is 0.000138. The van der Waals surface area contributed by atoms with Crippen LogP contribution < -0.4 is 5.32 Å². The lowest BCUT2D eigenvalue weighted by molar-refractivity contribution is -0.140. The quantitative estimate of drug-likeness (QED) is 0.321. The van der Waals surface area contributed by atoms with E-state index in [-0.39, 0.29) is 18.3 Å². The highest BCUT2D eigenvalue weighted by Gasteiger charge is 2.42. The second-order valence-electron chi connectivity index (χ2n) is 8.57. The van der Waals surface area contributed by atoms with E-state index in [2.05, 4.69) is 5.32 Å². The maximum absolute atomic E-state index is 13.6. The molecular formula is C27H26Cl3NO4. The number of dihydropyridines is 1. The first-order chi connectivity index (χ1) is 16.8. The third-order valence-corrected chi connectivity index (χ3v) is 7.14. The number of carbonyl (C=O) groups is 2. The lowest BCUT2D eigenvalue weighted by Gasteiger charge is -2.37. The Kier molecular flexibility index (Phi) is 8.23. The molecule has 0 radical (unpaired) electrons. The van der Waals surface area contributed by atoms with Gasteiger partial charge in [-0.2, -0.15) is 0 Å². The minimum Gasteiger partial charge on any atom is -0.460 e. The van der Waals surface area contributed by atoms with Crippen molar-refractivity contribution in [3.8, 4) is 0 Å². The maximum atomic E-state index is 13.6.